The molecule has 6 heteroatoms. The van der Waals surface area contributed by atoms with Gasteiger partial charge in [0.05, 0.1) is 6.61 Å². The Morgan fingerprint density at radius 2 is 1.30 bits per heavy atom. The van der Waals surface area contributed by atoms with E-state index in [2.05, 4.69) is 84.6 Å². The zero-order chi connectivity index (χ0) is 25.9. The summed E-state index contributed by atoms with van der Waals surface area (Å²) in [5.41, 5.74) is 7.10. The average Bonchev–Trinajstić information content (AvgIpc) is 2.96. The van der Waals surface area contributed by atoms with Crippen molar-refractivity contribution in [3.8, 4) is 0 Å². The summed E-state index contributed by atoms with van der Waals surface area (Å²) in [6.45, 7) is 5.03. The van der Waals surface area contributed by atoms with Gasteiger partial charge in [0.1, 0.15) is 0 Å². The van der Waals surface area contributed by atoms with Crippen LogP contribution in [0.4, 0.5) is 17.1 Å². The molecule has 0 unspecified atom stereocenters. The van der Waals surface area contributed by atoms with Crippen molar-refractivity contribution in [2.45, 2.75) is 58.7 Å². The molecule has 1 aliphatic heterocycles. The van der Waals surface area contributed by atoms with Crippen molar-refractivity contribution in [3.63, 3.8) is 0 Å². The lowest BCUT2D eigenvalue weighted by Gasteiger charge is -2.26. The SMILES string of the molecule is CCC(=O)OCCCc1ccc(N(c2ccc(CC)cc2)c2ccc(CCC3OCOCO3)cc2)cc1. The van der Waals surface area contributed by atoms with Gasteiger partial charge in [0.15, 0.2) is 19.9 Å². The molecule has 37 heavy (non-hydrogen) atoms. The van der Waals surface area contributed by atoms with E-state index in [1.807, 2.05) is 6.92 Å². The second-order valence-corrected chi connectivity index (χ2v) is 9.11. The minimum Gasteiger partial charge on any atom is -0.466 e. The molecular formula is C31H37NO5. The van der Waals surface area contributed by atoms with Crippen LogP contribution in [0.3, 0.4) is 0 Å². The average molecular weight is 504 g/mol. The molecule has 3 aromatic carbocycles. The lowest BCUT2D eigenvalue weighted by molar-refractivity contribution is -0.299. The van der Waals surface area contributed by atoms with Gasteiger partial charge in [0.25, 0.3) is 0 Å². The first-order valence-corrected chi connectivity index (χ1v) is 13.2. The predicted molar refractivity (Wildman–Crippen MR) is 145 cm³/mol. The first-order chi connectivity index (χ1) is 18.2. The van der Waals surface area contributed by atoms with Gasteiger partial charge in [-0.2, -0.15) is 0 Å². The van der Waals surface area contributed by atoms with E-state index in [4.69, 9.17) is 18.9 Å². The number of aryl methyl sites for hydroxylation is 3. The smallest absolute Gasteiger partial charge is 0.305 e. The maximum atomic E-state index is 11.3. The van der Waals surface area contributed by atoms with Gasteiger partial charge in [-0.15, -0.1) is 0 Å². The summed E-state index contributed by atoms with van der Waals surface area (Å²) in [6, 6.07) is 26.1. The highest BCUT2D eigenvalue weighted by molar-refractivity contribution is 5.76. The first-order valence-electron chi connectivity index (χ1n) is 13.2. The summed E-state index contributed by atoms with van der Waals surface area (Å²) >= 11 is 0. The lowest BCUT2D eigenvalue weighted by atomic mass is 10.1. The largest absolute Gasteiger partial charge is 0.466 e. The number of hydrogen-bond donors (Lipinski definition) is 0. The van der Waals surface area contributed by atoms with Crippen molar-refractivity contribution in [2.24, 2.45) is 0 Å². The summed E-state index contributed by atoms with van der Waals surface area (Å²) in [7, 11) is 0. The monoisotopic (exact) mass is 503 g/mol. The Morgan fingerprint density at radius 3 is 1.81 bits per heavy atom. The van der Waals surface area contributed by atoms with Gasteiger partial charge in [0.2, 0.25) is 0 Å². The van der Waals surface area contributed by atoms with Gasteiger partial charge in [0, 0.05) is 29.9 Å². The molecule has 0 saturated carbocycles. The van der Waals surface area contributed by atoms with E-state index in [1.165, 1.54) is 16.7 Å². The van der Waals surface area contributed by atoms with Crippen molar-refractivity contribution in [1.82, 2.24) is 0 Å². The van der Waals surface area contributed by atoms with Gasteiger partial charge in [-0.1, -0.05) is 50.2 Å². The maximum Gasteiger partial charge on any atom is 0.305 e. The fraction of sp³-hybridized carbons (Fsp3) is 0.387. The van der Waals surface area contributed by atoms with Crippen LogP contribution in [0.1, 0.15) is 49.8 Å². The highest BCUT2D eigenvalue weighted by Crippen LogP contribution is 2.35. The molecule has 0 aliphatic carbocycles. The molecule has 6 nitrogen and oxygen atoms in total. The lowest BCUT2D eigenvalue weighted by Crippen LogP contribution is -2.26. The number of carbonyl (C=O) groups excluding carboxylic acids is 1. The van der Waals surface area contributed by atoms with Crippen LogP contribution in [0.2, 0.25) is 0 Å². The van der Waals surface area contributed by atoms with Crippen molar-refractivity contribution in [3.05, 3.63) is 89.5 Å². The number of ether oxygens (including phenoxy) is 4. The van der Waals surface area contributed by atoms with E-state index in [-0.39, 0.29) is 12.3 Å². The second kappa shape index (κ2) is 13.9. The predicted octanol–water partition coefficient (Wildman–Crippen LogP) is 6.84. The second-order valence-electron chi connectivity index (χ2n) is 9.11. The molecule has 1 saturated heterocycles. The van der Waals surface area contributed by atoms with E-state index in [9.17, 15) is 4.79 Å². The molecule has 1 fully saturated rings. The number of hydrogen-bond acceptors (Lipinski definition) is 6. The Hall–Kier alpha value is -3.19. The Labute approximate surface area is 220 Å². The molecule has 0 aromatic heterocycles. The number of rotatable bonds is 12. The highest BCUT2D eigenvalue weighted by Gasteiger charge is 2.16. The van der Waals surface area contributed by atoms with Crippen LogP contribution < -0.4 is 4.90 Å². The molecule has 4 rings (SSSR count). The highest BCUT2D eigenvalue weighted by atomic mass is 16.8. The van der Waals surface area contributed by atoms with Gasteiger partial charge in [-0.05, 0) is 78.8 Å². The van der Waals surface area contributed by atoms with Crippen molar-refractivity contribution < 1.29 is 23.7 Å². The van der Waals surface area contributed by atoms with E-state index < -0.39 is 0 Å². The minimum atomic E-state index is -0.209. The van der Waals surface area contributed by atoms with Crippen LogP contribution in [-0.2, 0) is 43.0 Å². The standard InChI is InChI=1S/C31H37NO5/c1-3-24-7-14-27(15-8-24)32(28-16-9-25(10-17-28)6-5-21-35-30(33)4-2)29-18-11-26(12-19-29)13-20-31-36-22-34-23-37-31/h7-12,14-19,31H,3-6,13,20-23H2,1-2H3. The molecule has 0 N–H and O–H groups in total. The van der Waals surface area contributed by atoms with Gasteiger partial charge in [-0.25, -0.2) is 0 Å². The van der Waals surface area contributed by atoms with E-state index >= 15 is 0 Å². The van der Waals surface area contributed by atoms with Crippen molar-refractivity contribution >= 4 is 23.0 Å². The summed E-state index contributed by atoms with van der Waals surface area (Å²) in [6.07, 6.45) is 4.58. The maximum absolute atomic E-state index is 11.3. The molecule has 1 heterocycles. The number of carbonyl (C=O) groups is 1. The normalized spacial score (nSPS) is 13.9. The van der Waals surface area contributed by atoms with Crippen LogP contribution in [0.25, 0.3) is 0 Å². The Morgan fingerprint density at radius 1 is 0.784 bits per heavy atom. The summed E-state index contributed by atoms with van der Waals surface area (Å²) in [5.74, 6) is -0.142. The molecule has 0 atom stereocenters. The molecule has 0 bridgehead atoms. The fourth-order valence-electron chi connectivity index (χ4n) is 4.30. The van der Waals surface area contributed by atoms with Crippen LogP contribution in [-0.4, -0.2) is 32.5 Å². The Bertz CT molecular complexity index is 1090. The van der Waals surface area contributed by atoms with Gasteiger partial charge >= 0.3 is 5.97 Å². The first kappa shape index (κ1) is 26.9. The Kier molecular flexibility index (Phi) is 10.1. The number of benzene rings is 3. The quantitative estimate of drug-likeness (QED) is 0.199. The van der Waals surface area contributed by atoms with E-state index in [1.54, 1.807) is 0 Å². The molecule has 0 spiro atoms. The topological polar surface area (TPSA) is 57.2 Å². The third kappa shape index (κ3) is 7.89. The van der Waals surface area contributed by atoms with Crippen LogP contribution in [0, 0.1) is 0 Å². The van der Waals surface area contributed by atoms with Crippen molar-refractivity contribution in [1.29, 1.82) is 0 Å². The van der Waals surface area contributed by atoms with E-state index in [0.29, 0.717) is 26.6 Å². The van der Waals surface area contributed by atoms with Crippen LogP contribution in [0.15, 0.2) is 72.8 Å². The molecule has 196 valence electrons. The number of anilines is 3. The van der Waals surface area contributed by atoms with E-state index in [0.717, 1.165) is 49.2 Å². The molecular weight excluding hydrogens is 466 g/mol. The number of esters is 1. The van der Waals surface area contributed by atoms with Crippen LogP contribution >= 0.6 is 0 Å². The zero-order valence-corrected chi connectivity index (χ0v) is 21.9. The molecule has 0 radical (unpaired) electrons. The minimum absolute atomic E-state index is 0.142. The number of nitrogens with zero attached hydrogens (tertiary/aromatic N) is 1. The zero-order valence-electron chi connectivity index (χ0n) is 21.9. The van der Waals surface area contributed by atoms with Gasteiger partial charge in [-0.3, -0.25) is 4.79 Å². The van der Waals surface area contributed by atoms with Crippen molar-refractivity contribution in [2.75, 3.05) is 25.1 Å². The molecule has 3 aromatic rings. The summed E-state index contributed by atoms with van der Waals surface area (Å²) in [4.78, 5) is 13.6. The molecule has 0 amide bonds. The fourth-order valence-corrected chi connectivity index (χ4v) is 4.30. The third-order valence-electron chi connectivity index (χ3n) is 6.50. The summed E-state index contributed by atoms with van der Waals surface area (Å²) in [5, 5.41) is 0. The summed E-state index contributed by atoms with van der Waals surface area (Å²) < 4.78 is 21.2. The third-order valence-corrected chi connectivity index (χ3v) is 6.50. The van der Waals surface area contributed by atoms with Gasteiger partial charge < -0.3 is 23.8 Å². The Balaban J connectivity index is 1.47. The van der Waals surface area contributed by atoms with Crippen LogP contribution in [0.5, 0.6) is 0 Å². The molecule has 1 aliphatic rings.